The molecule has 0 spiro atoms. The van der Waals surface area contributed by atoms with E-state index in [0.29, 0.717) is 12.0 Å². The number of rotatable bonds is 4. The maximum atomic E-state index is 12.0. The second kappa shape index (κ2) is 5.38. The zero-order chi connectivity index (χ0) is 11.4. The van der Waals surface area contributed by atoms with E-state index in [0.717, 1.165) is 32.4 Å². The number of amides is 2. The fraction of sp³-hybridized carbons (Fsp3) is 0.917. The Hall–Kier alpha value is -0.730. The molecule has 15 heavy (non-hydrogen) atoms. The van der Waals surface area contributed by atoms with Gasteiger partial charge in [0, 0.05) is 26.2 Å². The third-order valence-corrected chi connectivity index (χ3v) is 3.24. The van der Waals surface area contributed by atoms with Crippen molar-refractivity contribution in [3.8, 4) is 0 Å². The van der Waals surface area contributed by atoms with E-state index in [1.54, 1.807) is 0 Å². The minimum atomic E-state index is 0.216. The van der Waals surface area contributed by atoms with Crippen molar-refractivity contribution in [2.24, 2.45) is 5.92 Å². The van der Waals surface area contributed by atoms with E-state index in [4.69, 9.17) is 0 Å². The molecule has 1 heterocycles. The molecule has 0 aliphatic carbocycles. The number of hydrogen-bond donors (Lipinski definition) is 0. The number of carbonyl (C=O) groups is 1. The molecule has 88 valence electrons. The Labute approximate surface area is 93.4 Å². The summed E-state index contributed by atoms with van der Waals surface area (Å²) in [4.78, 5) is 15.9. The lowest BCUT2D eigenvalue weighted by Gasteiger charge is -2.44. The predicted molar refractivity (Wildman–Crippen MR) is 62.9 cm³/mol. The molecule has 0 N–H and O–H groups in total. The third-order valence-electron chi connectivity index (χ3n) is 3.24. The molecule has 0 radical (unpaired) electrons. The van der Waals surface area contributed by atoms with E-state index in [1.807, 2.05) is 11.9 Å². The summed E-state index contributed by atoms with van der Waals surface area (Å²) in [6.45, 7) is 8.39. The van der Waals surface area contributed by atoms with E-state index in [-0.39, 0.29) is 6.03 Å². The molecule has 2 unspecified atom stereocenters. The molecule has 3 heteroatoms. The van der Waals surface area contributed by atoms with Gasteiger partial charge in [-0.05, 0) is 18.8 Å². The van der Waals surface area contributed by atoms with Crippen LogP contribution in [0.4, 0.5) is 4.79 Å². The fourth-order valence-electron chi connectivity index (χ4n) is 2.54. The van der Waals surface area contributed by atoms with Crippen LogP contribution in [-0.2, 0) is 0 Å². The minimum Gasteiger partial charge on any atom is -0.327 e. The lowest BCUT2D eigenvalue weighted by Crippen LogP contribution is -2.57. The first-order valence-electron chi connectivity index (χ1n) is 6.13. The molecule has 1 rings (SSSR count). The van der Waals surface area contributed by atoms with Gasteiger partial charge in [-0.25, -0.2) is 4.79 Å². The predicted octanol–water partition coefficient (Wildman–Crippen LogP) is 2.57. The summed E-state index contributed by atoms with van der Waals surface area (Å²) >= 11 is 0. The quantitative estimate of drug-likeness (QED) is 0.702. The normalized spacial score (nSPS) is 27.3. The van der Waals surface area contributed by atoms with Gasteiger partial charge >= 0.3 is 6.03 Å². The molecule has 3 nitrogen and oxygen atoms in total. The van der Waals surface area contributed by atoms with Gasteiger partial charge in [0.25, 0.3) is 0 Å². The summed E-state index contributed by atoms with van der Waals surface area (Å²) < 4.78 is 0. The summed E-state index contributed by atoms with van der Waals surface area (Å²) in [5.41, 5.74) is 0. The fourth-order valence-corrected chi connectivity index (χ4v) is 2.54. The van der Waals surface area contributed by atoms with Crippen LogP contribution in [0.25, 0.3) is 0 Å². The highest BCUT2D eigenvalue weighted by Crippen LogP contribution is 2.24. The first kappa shape index (κ1) is 12.3. The number of urea groups is 1. The van der Waals surface area contributed by atoms with Crippen molar-refractivity contribution < 1.29 is 4.79 Å². The average molecular weight is 212 g/mol. The standard InChI is InChI=1S/C12H24N2O/c1-5-7-11-10(3)9-13(4)12(15)14(11)8-6-2/h10-11H,5-9H2,1-4H3. The maximum absolute atomic E-state index is 12.0. The number of nitrogens with zero attached hydrogens (tertiary/aromatic N) is 2. The van der Waals surface area contributed by atoms with E-state index in [2.05, 4.69) is 25.7 Å². The molecule has 1 aliphatic heterocycles. The zero-order valence-corrected chi connectivity index (χ0v) is 10.5. The lowest BCUT2D eigenvalue weighted by molar-refractivity contribution is 0.0737. The Morgan fingerprint density at radius 2 is 2.00 bits per heavy atom. The Bertz CT molecular complexity index is 218. The Balaban J connectivity index is 2.75. The smallest absolute Gasteiger partial charge is 0.320 e. The first-order chi connectivity index (χ1) is 7.11. The second-order valence-corrected chi connectivity index (χ2v) is 4.69. The average Bonchev–Trinajstić information content (AvgIpc) is 2.20. The molecular formula is C12H24N2O. The van der Waals surface area contributed by atoms with E-state index in [1.165, 1.54) is 0 Å². The Morgan fingerprint density at radius 3 is 2.53 bits per heavy atom. The van der Waals surface area contributed by atoms with Crippen molar-refractivity contribution in [3.63, 3.8) is 0 Å². The molecular weight excluding hydrogens is 188 g/mol. The number of hydrogen-bond acceptors (Lipinski definition) is 1. The zero-order valence-electron chi connectivity index (χ0n) is 10.5. The van der Waals surface area contributed by atoms with Crippen LogP contribution in [0.1, 0.15) is 40.0 Å². The second-order valence-electron chi connectivity index (χ2n) is 4.69. The molecule has 0 aromatic heterocycles. The molecule has 1 fully saturated rings. The van der Waals surface area contributed by atoms with E-state index >= 15 is 0 Å². The molecule has 2 atom stereocenters. The summed E-state index contributed by atoms with van der Waals surface area (Å²) in [5, 5.41) is 0. The van der Waals surface area contributed by atoms with Crippen molar-refractivity contribution in [2.75, 3.05) is 20.1 Å². The highest BCUT2D eigenvalue weighted by atomic mass is 16.2. The third kappa shape index (κ3) is 2.64. The van der Waals surface area contributed by atoms with E-state index in [9.17, 15) is 4.79 Å². The van der Waals surface area contributed by atoms with Gasteiger partial charge in [0.2, 0.25) is 0 Å². The van der Waals surface area contributed by atoms with Gasteiger partial charge in [-0.2, -0.15) is 0 Å². The van der Waals surface area contributed by atoms with Gasteiger partial charge in [-0.15, -0.1) is 0 Å². The van der Waals surface area contributed by atoms with Crippen LogP contribution in [0.2, 0.25) is 0 Å². The van der Waals surface area contributed by atoms with Crippen molar-refractivity contribution in [3.05, 3.63) is 0 Å². The Morgan fingerprint density at radius 1 is 1.33 bits per heavy atom. The molecule has 1 saturated heterocycles. The monoisotopic (exact) mass is 212 g/mol. The maximum Gasteiger partial charge on any atom is 0.320 e. The van der Waals surface area contributed by atoms with Crippen LogP contribution < -0.4 is 0 Å². The van der Waals surface area contributed by atoms with Crippen LogP contribution in [0.15, 0.2) is 0 Å². The van der Waals surface area contributed by atoms with E-state index < -0.39 is 0 Å². The first-order valence-corrected chi connectivity index (χ1v) is 6.13. The van der Waals surface area contributed by atoms with Gasteiger partial charge in [-0.1, -0.05) is 27.2 Å². The topological polar surface area (TPSA) is 23.6 Å². The summed E-state index contributed by atoms with van der Waals surface area (Å²) in [7, 11) is 1.91. The van der Waals surface area contributed by atoms with Gasteiger partial charge in [0.05, 0.1) is 0 Å². The molecule has 0 aromatic carbocycles. The van der Waals surface area contributed by atoms with Crippen LogP contribution in [0.5, 0.6) is 0 Å². The van der Waals surface area contributed by atoms with Gasteiger partial charge in [0.1, 0.15) is 0 Å². The molecule has 0 bridgehead atoms. The van der Waals surface area contributed by atoms with Crippen molar-refractivity contribution in [1.82, 2.24) is 9.80 Å². The van der Waals surface area contributed by atoms with Crippen molar-refractivity contribution in [2.45, 2.75) is 46.1 Å². The summed E-state index contributed by atoms with van der Waals surface area (Å²) in [6.07, 6.45) is 3.35. The SMILES string of the molecule is CCCC1C(C)CN(C)C(=O)N1CCC. The van der Waals surface area contributed by atoms with Crippen LogP contribution in [0.3, 0.4) is 0 Å². The molecule has 1 aliphatic rings. The minimum absolute atomic E-state index is 0.216. The summed E-state index contributed by atoms with van der Waals surface area (Å²) in [5.74, 6) is 0.596. The van der Waals surface area contributed by atoms with Crippen LogP contribution in [-0.4, -0.2) is 42.0 Å². The van der Waals surface area contributed by atoms with Gasteiger partial charge < -0.3 is 9.80 Å². The van der Waals surface area contributed by atoms with Crippen LogP contribution >= 0.6 is 0 Å². The highest BCUT2D eigenvalue weighted by Gasteiger charge is 2.34. The lowest BCUT2D eigenvalue weighted by atomic mass is 9.93. The molecule has 2 amide bonds. The van der Waals surface area contributed by atoms with Crippen LogP contribution in [0, 0.1) is 5.92 Å². The highest BCUT2D eigenvalue weighted by molar-refractivity contribution is 5.75. The molecule has 0 saturated carbocycles. The van der Waals surface area contributed by atoms with Crippen molar-refractivity contribution in [1.29, 1.82) is 0 Å². The Kier molecular flexibility index (Phi) is 4.43. The van der Waals surface area contributed by atoms with Gasteiger partial charge in [-0.3, -0.25) is 0 Å². The molecule has 0 aromatic rings. The number of carbonyl (C=O) groups excluding carboxylic acids is 1. The summed E-state index contributed by atoms with van der Waals surface area (Å²) in [6, 6.07) is 0.673. The van der Waals surface area contributed by atoms with Crippen molar-refractivity contribution >= 4 is 6.03 Å². The van der Waals surface area contributed by atoms with Gasteiger partial charge in [0.15, 0.2) is 0 Å². The largest absolute Gasteiger partial charge is 0.327 e.